The Labute approximate surface area is 129 Å². The monoisotopic (exact) mass is 305 g/mol. The minimum Gasteiger partial charge on any atom is -0.493 e. The molecular formula is C16H19NO3S. The molecule has 0 aliphatic carbocycles. The fourth-order valence-electron chi connectivity index (χ4n) is 2.05. The van der Waals surface area contributed by atoms with Gasteiger partial charge in [-0.2, -0.15) is 0 Å². The Morgan fingerprint density at radius 1 is 1.29 bits per heavy atom. The van der Waals surface area contributed by atoms with Gasteiger partial charge in [0.2, 0.25) is 0 Å². The first-order chi connectivity index (χ1) is 10.0. The predicted octanol–water partition coefficient (Wildman–Crippen LogP) is 3.78. The van der Waals surface area contributed by atoms with Crippen LogP contribution in [0.15, 0.2) is 29.2 Å². The molecule has 1 fully saturated rings. The molecule has 0 atom stereocenters. The molecule has 112 valence electrons. The summed E-state index contributed by atoms with van der Waals surface area (Å²) < 4.78 is 5.54. The molecule has 1 aromatic rings. The van der Waals surface area contributed by atoms with Crippen molar-refractivity contribution in [3.63, 3.8) is 0 Å². The van der Waals surface area contributed by atoms with Crippen LogP contribution in [0.25, 0.3) is 6.08 Å². The van der Waals surface area contributed by atoms with E-state index in [1.54, 1.807) is 6.08 Å². The van der Waals surface area contributed by atoms with Gasteiger partial charge in [0, 0.05) is 12.1 Å². The normalized spacial score (nSPS) is 17.1. The molecule has 4 nitrogen and oxygen atoms in total. The van der Waals surface area contributed by atoms with Gasteiger partial charge in [-0.15, -0.1) is 0 Å². The van der Waals surface area contributed by atoms with Crippen LogP contribution >= 0.6 is 11.8 Å². The van der Waals surface area contributed by atoms with Crippen LogP contribution in [0, 0.1) is 5.92 Å². The number of imide groups is 1. The van der Waals surface area contributed by atoms with Crippen LogP contribution in [0.3, 0.4) is 0 Å². The number of carbonyl (C=O) groups is 2. The molecular weight excluding hydrogens is 286 g/mol. The van der Waals surface area contributed by atoms with Crippen LogP contribution in [-0.4, -0.2) is 29.2 Å². The van der Waals surface area contributed by atoms with E-state index in [0.717, 1.165) is 23.1 Å². The summed E-state index contributed by atoms with van der Waals surface area (Å²) in [5.74, 6) is 0.759. The molecule has 21 heavy (non-hydrogen) atoms. The van der Waals surface area contributed by atoms with Crippen molar-refractivity contribution in [3.05, 3.63) is 34.7 Å². The zero-order chi connectivity index (χ0) is 15.4. The average Bonchev–Trinajstić information content (AvgIpc) is 2.69. The third-order valence-electron chi connectivity index (χ3n) is 2.93. The van der Waals surface area contributed by atoms with Crippen LogP contribution in [0.4, 0.5) is 4.79 Å². The molecule has 5 heteroatoms. The van der Waals surface area contributed by atoms with Crippen molar-refractivity contribution in [3.8, 4) is 5.75 Å². The second-order valence-electron chi connectivity index (χ2n) is 5.16. The van der Waals surface area contributed by atoms with Crippen molar-refractivity contribution in [2.75, 3.05) is 13.2 Å². The number of thioether (sulfide) groups is 1. The molecule has 0 spiro atoms. The van der Waals surface area contributed by atoms with Gasteiger partial charge in [0.1, 0.15) is 5.75 Å². The lowest BCUT2D eigenvalue weighted by Crippen LogP contribution is -2.31. The molecule has 1 aliphatic heterocycles. The Morgan fingerprint density at radius 3 is 2.67 bits per heavy atom. The maximum Gasteiger partial charge on any atom is 0.293 e. The molecule has 0 saturated carbocycles. The maximum absolute atomic E-state index is 12.3. The highest BCUT2D eigenvalue weighted by atomic mass is 32.2. The number of amides is 2. The first-order valence-corrected chi connectivity index (χ1v) is 7.81. The predicted molar refractivity (Wildman–Crippen MR) is 85.1 cm³/mol. The quantitative estimate of drug-likeness (QED) is 0.777. The second kappa shape index (κ2) is 6.80. The molecule has 0 bridgehead atoms. The Bertz CT molecular complexity index is 581. The van der Waals surface area contributed by atoms with Gasteiger partial charge in [-0.25, -0.2) is 0 Å². The smallest absolute Gasteiger partial charge is 0.293 e. The van der Waals surface area contributed by atoms with Gasteiger partial charge in [-0.05, 0) is 36.7 Å². The molecule has 0 radical (unpaired) electrons. The lowest BCUT2D eigenvalue weighted by molar-refractivity contribution is -0.123. The molecule has 0 unspecified atom stereocenters. The summed E-state index contributed by atoms with van der Waals surface area (Å²) in [6, 6.07) is 7.49. The SMILES string of the molecule is CCOc1ccccc1C=C1SC(=O)N(CC(C)C)C1=O. The van der Waals surface area contributed by atoms with E-state index in [-0.39, 0.29) is 17.1 Å². The standard InChI is InChI=1S/C16H19NO3S/c1-4-20-13-8-6-5-7-12(13)9-14-15(18)17(10-11(2)3)16(19)21-14/h5-9,11H,4,10H2,1-3H3. The van der Waals surface area contributed by atoms with Gasteiger partial charge in [0.25, 0.3) is 11.1 Å². The van der Waals surface area contributed by atoms with E-state index < -0.39 is 0 Å². The zero-order valence-electron chi connectivity index (χ0n) is 12.5. The van der Waals surface area contributed by atoms with Gasteiger partial charge < -0.3 is 4.74 Å². The average molecular weight is 305 g/mol. The molecule has 0 aromatic heterocycles. The summed E-state index contributed by atoms with van der Waals surface area (Å²) in [5.41, 5.74) is 0.814. The van der Waals surface area contributed by atoms with Gasteiger partial charge in [0.05, 0.1) is 11.5 Å². The number of ether oxygens (including phenoxy) is 1. The summed E-state index contributed by atoms with van der Waals surface area (Å²) in [5, 5.41) is -0.200. The fraction of sp³-hybridized carbons (Fsp3) is 0.375. The summed E-state index contributed by atoms with van der Waals surface area (Å²) in [7, 11) is 0. The lowest BCUT2D eigenvalue weighted by Gasteiger charge is -2.14. The second-order valence-corrected chi connectivity index (χ2v) is 6.15. The van der Waals surface area contributed by atoms with Crippen molar-refractivity contribution >= 4 is 29.0 Å². The first-order valence-electron chi connectivity index (χ1n) is 7.00. The van der Waals surface area contributed by atoms with Gasteiger partial charge in [0.15, 0.2) is 0 Å². The molecule has 1 aliphatic rings. The van der Waals surface area contributed by atoms with E-state index in [4.69, 9.17) is 4.74 Å². The number of hydrogen-bond acceptors (Lipinski definition) is 4. The zero-order valence-corrected chi connectivity index (χ0v) is 13.3. The number of rotatable bonds is 5. The van der Waals surface area contributed by atoms with Crippen LogP contribution in [0.2, 0.25) is 0 Å². The highest BCUT2D eigenvalue weighted by molar-refractivity contribution is 8.18. The van der Waals surface area contributed by atoms with Gasteiger partial charge in [-0.1, -0.05) is 32.0 Å². The molecule has 1 heterocycles. The van der Waals surface area contributed by atoms with E-state index in [1.807, 2.05) is 45.0 Å². The van der Waals surface area contributed by atoms with Crippen LogP contribution in [-0.2, 0) is 4.79 Å². The Kier molecular flexibility index (Phi) is 5.07. The highest BCUT2D eigenvalue weighted by Gasteiger charge is 2.35. The molecule has 2 rings (SSSR count). The van der Waals surface area contributed by atoms with Crippen molar-refractivity contribution in [2.24, 2.45) is 5.92 Å². The molecule has 0 N–H and O–H groups in total. The van der Waals surface area contributed by atoms with Gasteiger partial charge in [-0.3, -0.25) is 14.5 Å². The topological polar surface area (TPSA) is 46.6 Å². The number of benzene rings is 1. The van der Waals surface area contributed by atoms with Crippen LogP contribution in [0.1, 0.15) is 26.3 Å². The van der Waals surface area contributed by atoms with Crippen LogP contribution in [0.5, 0.6) is 5.75 Å². The number of carbonyl (C=O) groups excluding carboxylic acids is 2. The van der Waals surface area contributed by atoms with E-state index >= 15 is 0 Å². The van der Waals surface area contributed by atoms with Crippen molar-refractivity contribution < 1.29 is 14.3 Å². The van der Waals surface area contributed by atoms with Crippen LogP contribution < -0.4 is 4.74 Å². The summed E-state index contributed by atoms with van der Waals surface area (Å²) in [6.45, 7) is 6.89. The minimum atomic E-state index is -0.218. The third-order valence-corrected chi connectivity index (χ3v) is 3.83. The van der Waals surface area contributed by atoms with Crippen molar-refractivity contribution in [1.82, 2.24) is 4.90 Å². The van der Waals surface area contributed by atoms with E-state index in [2.05, 4.69) is 0 Å². The van der Waals surface area contributed by atoms with Crippen molar-refractivity contribution in [1.29, 1.82) is 0 Å². The summed E-state index contributed by atoms with van der Waals surface area (Å²) >= 11 is 0.988. The third kappa shape index (κ3) is 3.67. The number of para-hydroxylation sites is 1. The highest BCUT2D eigenvalue weighted by Crippen LogP contribution is 2.34. The first kappa shape index (κ1) is 15.6. The largest absolute Gasteiger partial charge is 0.493 e. The molecule has 1 aromatic carbocycles. The fourth-order valence-corrected chi connectivity index (χ4v) is 2.89. The number of nitrogens with zero attached hydrogens (tertiary/aromatic N) is 1. The maximum atomic E-state index is 12.3. The minimum absolute atomic E-state index is 0.200. The van der Waals surface area contributed by atoms with E-state index in [9.17, 15) is 9.59 Å². The van der Waals surface area contributed by atoms with Gasteiger partial charge >= 0.3 is 0 Å². The summed E-state index contributed by atoms with van der Waals surface area (Å²) in [6.07, 6.45) is 1.73. The van der Waals surface area contributed by atoms with Crippen molar-refractivity contribution in [2.45, 2.75) is 20.8 Å². The molecule has 2 amide bonds. The number of hydrogen-bond donors (Lipinski definition) is 0. The van der Waals surface area contributed by atoms with E-state index in [1.165, 1.54) is 4.90 Å². The lowest BCUT2D eigenvalue weighted by atomic mass is 10.1. The molecule has 1 saturated heterocycles. The Morgan fingerprint density at radius 2 is 2.00 bits per heavy atom. The Balaban J connectivity index is 2.26. The summed E-state index contributed by atoms with van der Waals surface area (Å²) in [4.78, 5) is 26.0. The van der Waals surface area contributed by atoms with E-state index in [0.29, 0.717) is 18.1 Å². The Hall–Kier alpha value is -1.75.